The second-order valence-corrected chi connectivity index (χ2v) is 5.09. The van der Waals surface area contributed by atoms with Crippen molar-refractivity contribution >= 4 is 17.5 Å². The van der Waals surface area contributed by atoms with Gasteiger partial charge in [0.1, 0.15) is 0 Å². The lowest BCUT2D eigenvalue weighted by atomic mass is 10.1. The number of nitrogens with one attached hydrogen (secondary N) is 1. The Labute approximate surface area is 107 Å². The summed E-state index contributed by atoms with van der Waals surface area (Å²) in [6.45, 7) is 2.20. The third kappa shape index (κ3) is 3.01. The molecule has 0 saturated heterocycles. The molecular formula is C14H18ClNO. The van der Waals surface area contributed by atoms with Crippen LogP contribution in [0.15, 0.2) is 24.3 Å². The second kappa shape index (κ2) is 5.54. The van der Waals surface area contributed by atoms with Crippen molar-refractivity contribution in [2.24, 2.45) is 5.92 Å². The van der Waals surface area contributed by atoms with E-state index in [-0.39, 0.29) is 5.91 Å². The summed E-state index contributed by atoms with van der Waals surface area (Å²) in [6, 6.07) is 7.83. The van der Waals surface area contributed by atoms with Gasteiger partial charge in [0.05, 0.1) is 0 Å². The lowest BCUT2D eigenvalue weighted by Crippen LogP contribution is -2.36. The molecule has 1 aromatic carbocycles. The molecule has 1 fully saturated rings. The summed E-state index contributed by atoms with van der Waals surface area (Å²) in [5, 5.41) is 3.11. The van der Waals surface area contributed by atoms with Crippen molar-refractivity contribution in [1.29, 1.82) is 0 Å². The SMILES string of the molecule is CC1CCCC1NC(=O)c1ccc(CCl)cc1. The molecule has 1 saturated carbocycles. The Morgan fingerprint density at radius 2 is 2.06 bits per heavy atom. The van der Waals surface area contributed by atoms with E-state index >= 15 is 0 Å². The van der Waals surface area contributed by atoms with E-state index < -0.39 is 0 Å². The van der Waals surface area contributed by atoms with E-state index in [0.717, 1.165) is 17.5 Å². The smallest absolute Gasteiger partial charge is 0.251 e. The van der Waals surface area contributed by atoms with Crippen molar-refractivity contribution in [3.05, 3.63) is 35.4 Å². The first-order valence-electron chi connectivity index (χ1n) is 6.16. The summed E-state index contributed by atoms with van der Waals surface area (Å²) in [5.41, 5.74) is 1.76. The van der Waals surface area contributed by atoms with Gasteiger partial charge in [-0.15, -0.1) is 11.6 Å². The molecule has 0 radical (unpaired) electrons. The van der Waals surface area contributed by atoms with Gasteiger partial charge in [-0.3, -0.25) is 4.79 Å². The van der Waals surface area contributed by atoms with E-state index in [1.165, 1.54) is 12.8 Å². The molecular weight excluding hydrogens is 234 g/mol. The summed E-state index contributed by atoms with van der Waals surface area (Å²) in [7, 11) is 0. The van der Waals surface area contributed by atoms with E-state index in [9.17, 15) is 4.79 Å². The zero-order valence-corrected chi connectivity index (χ0v) is 10.8. The molecule has 0 aliphatic heterocycles. The number of halogens is 1. The van der Waals surface area contributed by atoms with Crippen LogP contribution < -0.4 is 5.32 Å². The fraction of sp³-hybridized carbons (Fsp3) is 0.500. The topological polar surface area (TPSA) is 29.1 Å². The molecule has 1 N–H and O–H groups in total. The largest absolute Gasteiger partial charge is 0.349 e. The Hall–Kier alpha value is -1.02. The summed E-state index contributed by atoms with van der Waals surface area (Å²) >= 11 is 5.71. The number of amides is 1. The molecule has 1 aliphatic carbocycles. The van der Waals surface area contributed by atoms with Crippen LogP contribution in [0.4, 0.5) is 0 Å². The van der Waals surface area contributed by atoms with Crippen LogP contribution in [-0.2, 0) is 5.88 Å². The Balaban J connectivity index is 1.99. The Kier molecular flexibility index (Phi) is 4.06. The van der Waals surface area contributed by atoms with Crippen molar-refractivity contribution in [2.75, 3.05) is 0 Å². The monoisotopic (exact) mass is 251 g/mol. The van der Waals surface area contributed by atoms with Gasteiger partial charge in [-0.25, -0.2) is 0 Å². The average molecular weight is 252 g/mol. The van der Waals surface area contributed by atoms with E-state index in [1.807, 2.05) is 24.3 Å². The summed E-state index contributed by atoms with van der Waals surface area (Å²) < 4.78 is 0. The molecule has 0 aromatic heterocycles. The molecule has 1 aliphatic rings. The molecule has 2 nitrogen and oxygen atoms in total. The first-order chi connectivity index (χ1) is 8.20. The number of carbonyl (C=O) groups is 1. The lowest BCUT2D eigenvalue weighted by Gasteiger charge is -2.17. The average Bonchev–Trinajstić information content (AvgIpc) is 2.75. The molecule has 2 atom stereocenters. The van der Waals surface area contributed by atoms with Crippen molar-refractivity contribution in [3.63, 3.8) is 0 Å². The number of benzene rings is 1. The highest BCUT2D eigenvalue weighted by Gasteiger charge is 2.24. The minimum atomic E-state index is 0.0323. The van der Waals surface area contributed by atoms with Crippen LogP contribution in [0.1, 0.15) is 42.1 Å². The van der Waals surface area contributed by atoms with Gasteiger partial charge in [0, 0.05) is 17.5 Å². The molecule has 1 amide bonds. The number of rotatable bonds is 3. The normalized spacial score (nSPS) is 23.6. The highest BCUT2D eigenvalue weighted by molar-refractivity contribution is 6.17. The van der Waals surface area contributed by atoms with Gasteiger partial charge in [0.2, 0.25) is 0 Å². The van der Waals surface area contributed by atoms with Gasteiger partial charge >= 0.3 is 0 Å². The van der Waals surface area contributed by atoms with Gasteiger partial charge in [0.25, 0.3) is 5.91 Å². The third-order valence-electron chi connectivity index (χ3n) is 3.55. The van der Waals surface area contributed by atoms with Crippen molar-refractivity contribution in [1.82, 2.24) is 5.32 Å². The van der Waals surface area contributed by atoms with E-state index in [0.29, 0.717) is 17.8 Å². The minimum absolute atomic E-state index is 0.0323. The maximum atomic E-state index is 12.0. The number of hydrogen-bond acceptors (Lipinski definition) is 1. The van der Waals surface area contributed by atoms with Crippen LogP contribution in [0.2, 0.25) is 0 Å². The fourth-order valence-corrected chi connectivity index (χ4v) is 2.53. The number of hydrogen-bond donors (Lipinski definition) is 1. The predicted molar refractivity (Wildman–Crippen MR) is 70.3 cm³/mol. The Bertz CT molecular complexity index is 388. The molecule has 3 heteroatoms. The van der Waals surface area contributed by atoms with Gasteiger partial charge in [-0.1, -0.05) is 25.5 Å². The Morgan fingerprint density at radius 3 is 2.59 bits per heavy atom. The van der Waals surface area contributed by atoms with E-state index in [2.05, 4.69) is 12.2 Å². The molecule has 0 heterocycles. The molecule has 1 aromatic rings. The van der Waals surface area contributed by atoms with Gasteiger partial charge in [-0.05, 0) is 36.5 Å². The Morgan fingerprint density at radius 1 is 1.35 bits per heavy atom. The maximum absolute atomic E-state index is 12.0. The highest BCUT2D eigenvalue weighted by atomic mass is 35.5. The maximum Gasteiger partial charge on any atom is 0.251 e. The molecule has 92 valence electrons. The number of alkyl halides is 1. The van der Waals surface area contributed by atoms with Crippen LogP contribution in [0.25, 0.3) is 0 Å². The van der Waals surface area contributed by atoms with Crippen LogP contribution in [0, 0.1) is 5.92 Å². The van der Waals surface area contributed by atoms with Crippen LogP contribution in [-0.4, -0.2) is 11.9 Å². The molecule has 0 spiro atoms. The first kappa shape index (κ1) is 12.4. The van der Waals surface area contributed by atoms with Crippen LogP contribution >= 0.6 is 11.6 Å². The van der Waals surface area contributed by atoms with Crippen LogP contribution in [0.5, 0.6) is 0 Å². The summed E-state index contributed by atoms with van der Waals surface area (Å²) in [4.78, 5) is 12.0. The van der Waals surface area contributed by atoms with E-state index in [4.69, 9.17) is 11.6 Å². The summed E-state index contributed by atoms with van der Waals surface area (Å²) in [6.07, 6.45) is 3.54. The fourth-order valence-electron chi connectivity index (χ4n) is 2.36. The molecule has 2 rings (SSSR count). The first-order valence-corrected chi connectivity index (χ1v) is 6.70. The standard InChI is InChI=1S/C14H18ClNO/c1-10-3-2-4-13(10)16-14(17)12-7-5-11(9-15)6-8-12/h5-8,10,13H,2-4,9H2,1H3,(H,16,17). The van der Waals surface area contributed by atoms with Gasteiger partial charge in [0.15, 0.2) is 0 Å². The highest BCUT2D eigenvalue weighted by Crippen LogP contribution is 2.25. The van der Waals surface area contributed by atoms with Crippen molar-refractivity contribution < 1.29 is 4.79 Å². The molecule has 0 bridgehead atoms. The lowest BCUT2D eigenvalue weighted by molar-refractivity contribution is 0.0929. The van der Waals surface area contributed by atoms with Gasteiger partial charge < -0.3 is 5.32 Å². The minimum Gasteiger partial charge on any atom is -0.349 e. The quantitative estimate of drug-likeness (QED) is 0.821. The molecule has 2 unspecified atom stereocenters. The predicted octanol–water partition coefficient (Wildman–Crippen LogP) is 3.34. The van der Waals surface area contributed by atoms with Gasteiger partial charge in [-0.2, -0.15) is 0 Å². The summed E-state index contributed by atoms with van der Waals surface area (Å²) in [5.74, 6) is 1.12. The zero-order valence-electron chi connectivity index (χ0n) is 10.1. The molecule has 17 heavy (non-hydrogen) atoms. The van der Waals surface area contributed by atoms with Crippen LogP contribution in [0.3, 0.4) is 0 Å². The third-order valence-corrected chi connectivity index (χ3v) is 3.86. The van der Waals surface area contributed by atoms with Crippen molar-refractivity contribution in [3.8, 4) is 0 Å². The van der Waals surface area contributed by atoms with E-state index in [1.54, 1.807) is 0 Å². The second-order valence-electron chi connectivity index (χ2n) is 4.82. The number of carbonyl (C=O) groups excluding carboxylic acids is 1. The zero-order chi connectivity index (χ0) is 12.3. The van der Waals surface area contributed by atoms with Crippen molar-refractivity contribution in [2.45, 2.75) is 38.1 Å².